The number of thioether (sulfide) groups is 1. The van der Waals surface area contributed by atoms with Gasteiger partial charge < -0.3 is 14.6 Å². The molecule has 13 heavy (non-hydrogen) atoms. The van der Waals surface area contributed by atoms with Gasteiger partial charge in [0.15, 0.2) is 11.5 Å². The maximum absolute atomic E-state index is 10.4. The van der Waals surface area contributed by atoms with Gasteiger partial charge in [-0.1, -0.05) is 0 Å². The Morgan fingerprint density at radius 2 is 2.15 bits per heavy atom. The summed E-state index contributed by atoms with van der Waals surface area (Å²) in [6, 6.07) is 5.04. The number of hydrogen-bond acceptors (Lipinski definition) is 4. The first-order valence-corrected chi connectivity index (χ1v) is 4.38. The monoisotopic (exact) mass is 198 g/mol. The van der Waals surface area contributed by atoms with Crippen molar-refractivity contribution in [3.63, 3.8) is 0 Å². The van der Waals surface area contributed by atoms with Crippen molar-refractivity contribution in [3.05, 3.63) is 18.2 Å². The number of benzene rings is 1. The van der Waals surface area contributed by atoms with Gasteiger partial charge in [-0.3, -0.25) is 0 Å². The number of carbonyl (C=O) groups is 1. The molecular formula is C8H6O4S. The fourth-order valence-electron chi connectivity index (χ4n) is 1.04. The van der Waals surface area contributed by atoms with E-state index in [9.17, 15) is 4.79 Å². The molecule has 1 aromatic carbocycles. The summed E-state index contributed by atoms with van der Waals surface area (Å²) >= 11 is 0.746. The molecule has 0 unspecified atom stereocenters. The molecule has 0 aromatic heterocycles. The van der Waals surface area contributed by atoms with Gasteiger partial charge in [-0.15, -0.1) is 0 Å². The quantitative estimate of drug-likeness (QED) is 0.701. The summed E-state index contributed by atoms with van der Waals surface area (Å²) in [6.07, 6.45) is 0. The van der Waals surface area contributed by atoms with Crippen molar-refractivity contribution < 1.29 is 19.4 Å². The van der Waals surface area contributed by atoms with E-state index in [4.69, 9.17) is 14.6 Å². The molecule has 4 nitrogen and oxygen atoms in total. The minimum atomic E-state index is -0.932. The normalized spacial score (nSPS) is 12.9. The van der Waals surface area contributed by atoms with Gasteiger partial charge in [-0.25, -0.2) is 4.79 Å². The molecule has 0 aliphatic carbocycles. The van der Waals surface area contributed by atoms with E-state index in [0.717, 1.165) is 11.8 Å². The van der Waals surface area contributed by atoms with Crippen LogP contribution < -0.4 is 9.47 Å². The number of hydrogen-bond donors (Lipinski definition) is 1. The summed E-state index contributed by atoms with van der Waals surface area (Å²) in [6.45, 7) is 0.205. The minimum absolute atomic E-state index is 0.205. The highest BCUT2D eigenvalue weighted by atomic mass is 32.2. The molecule has 1 heterocycles. The fraction of sp³-hybridized carbons (Fsp3) is 0.125. The van der Waals surface area contributed by atoms with E-state index in [-0.39, 0.29) is 6.79 Å². The molecule has 68 valence electrons. The lowest BCUT2D eigenvalue weighted by molar-refractivity contribution is 0.174. The van der Waals surface area contributed by atoms with Gasteiger partial charge in [0.05, 0.1) is 0 Å². The van der Waals surface area contributed by atoms with Crippen LogP contribution >= 0.6 is 11.8 Å². The van der Waals surface area contributed by atoms with E-state index < -0.39 is 5.30 Å². The van der Waals surface area contributed by atoms with E-state index in [2.05, 4.69) is 0 Å². The van der Waals surface area contributed by atoms with Gasteiger partial charge in [0, 0.05) is 4.90 Å². The Bertz CT molecular complexity index is 350. The third-order valence-electron chi connectivity index (χ3n) is 1.55. The Morgan fingerprint density at radius 1 is 1.38 bits per heavy atom. The lowest BCUT2D eigenvalue weighted by atomic mass is 10.3. The second kappa shape index (κ2) is 3.18. The van der Waals surface area contributed by atoms with Crippen LogP contribution in [0.3, 0.4) is 0 Å². The van der Waals surface area contributed by atoms with Gasteiger partial charge in [0.25, 0.3) is 0 Å². The molecule has 5 heteroatoms. The first-order chi connectivity index (χ1) is 6.25. The molecule has 0 saturated heterocycles. The second-order valence-corrected chi connectivity index (χ2v) is 3.41. The van der Waals surface area contributed by atoms with Crippen LogP contribution in [0.2, 0.25) is 0 Å². The van der Waals surface area contributed by atoms with Crippen LogP contribution in [-0.2, 0) is 0 Å². The van der Waals surface area contributed by atoms with Crippen molar-refractivity contribution in [2.75, 3.05) is 6.79 Å². The number of rotatable bonds is 1. The van der Waals surface area contributed by atoms with E-state index in [1.165, 1.54) is 0 Å². The number of ether oxygens (including phenoxy) is 2. The number of fused-ring (bicyclic) bond motifs is 1. The van der Waals surface area contributed by atoms with Crippen LogP contribution in [0.5, 0.6) is 11.5 Å². The third-order valence-corrected chi connectivity index (χ3v) is 2.21. The van der Waals surface area contributed by atoms with Crippen molar-refractivity contribution in [3.8, 4) is 11.5 Å². The molecule has 0 fully saturated rings. The highest BCUT2D eigenvalue weighted by molar-refractivity contribution is 8.13. The lowest BCUT2D eigenvalue weighted by Crippen LogP contribution is -1.92. The summed E-state index contributed by atoms with van der Waals surface area (Å²) in [7, 11) is 0. The Hall–Kier alpha value is -1.36. The standard InChI is InChI=1S/C8H6O4S/c9-8(10)13-5-1-2-6-7(3-5)12-4-11-6/h1-3H,4H2,(H,9,10). The van der Waals surface area contributed by atoms with Crippen molar-refractivity contribution in [1.29, 1.82) is 0 Å². The van der Waals surface area contributed by atoms with Gasteiger partial charge in [-0.05, 0) is 30.0 Å². The second-order valence-electron chi connectivity index (χ2n) is 2.38. The van der Waals surface area contributed by atoms with Crippen LogP contribution in [0.15, 0.2) is 23.1 Å². The first-order valence-electron chi connectivity index (χ1n) is 3.56. The largest absolute Gasteiger partial charge is 0.473 e. The minimum Gasteiger partial charge on any atom is -0.473 e. The average Bonchev–Trinajstić information content (AvgIpc) is 2.49. The van der Waals surface area contributed by atoms with Gasteiger partial charge in [0.2, 0.25) is 6.79 Å². The van der Waals surface area contributed by atoms with Gasteiger partial charge in [0.1, 0.15) is 0 Å². The van der Waals surface area contributed by atoms with E-state index >= 15 is 0 Å². The summed E-state index contributed by atoms with van der Waals surface area (Å²) in [5, 5.41) is 7.57. The Kier molecular flexibility index (Phi) is 2.02. The molecule has 1 aliphatic rings. The van der Waals surface area contributed by atoms with Crippen molar-refractivity contribution >= 4 is 17.1 Å². The maximum Gasteiger partial charge on any atom is 0.369 e. The van der Waals surface area contributed by atoms with Gasteiger partial charge >= 0.3 is 5.30 Å². The highest BCUT2D eigenvalue weighted by Crippen LogP contribution is 2.35. The molecule has 2 rings (SSSR count). The topological polar surface area (TPSA) is 55.8 Å². The molecule has 0 saturated carbocycles. The summed E-state index contributed by atoms with van der Waals surface area (Å²) < 4.78 is 10.2. The van der Waals surface area contributed by atoms with Crippen LogP contribution in [0, 0.1) is 0 Å². The molecule has 0 amide bonds. The van der Waals surface area contributed by atoms with Crippen LogP contribution in [0.1, 0.15) is 0 Å². The Balaban J connectivity index is 2.25. The zero-order valence-electron chi connectivity index (χ0n) is 6.52. The molecule has 0 radical (unpaired) electrons. The SMILES string of the molecule is O=C(O)Sc1ccc2c(c1)OCO2. The van der Waals surface area contributed by atoms with E-state index in [1.807, 2.05) is 0 Å². The molecule has 0 atom stereocenters. The van der Waals surface area contributed by atoms with Crippen LogP contribution in [0.4, 0.5) is 4.79 Å². The third kappa shape index (κ3) is 1.70. The molecule has 0 bridgehead atoms. The Labute approximate surface area is 78.5 Å². The predicted octanol–water partition coefficient (Wildman–Crippen LogP) is 2.19. The molecule has 1 aromatic rings. The van der Waals surface area contributed by atoms with Crippen molar-refractivity contribution in [2.45, 2.75) is 4.90 Å². The zero-order chi connectivity index (χ0) is 9.26. The average molecular weight is 198 g/mol. The van der Waals surface area contributed by atoms with Gasteiger partial charge in [-0.2, -0.15) is 0 Å². The molecular weight excluding hydrogens is 192 g/mol. The number of carboxylic acid groups (broad SMARTS) is 1. The summed E-state index contributed by atoms with van der Waals surface area (Å²) in [5.41, 5.74) is 0. The lowest BCUT2D eigenvalue weighted by Gasteiger charge is -1.98. The fourth-order valence-corrected chi connectivity index (χ4v) is 1.54. The van der Waals surface area contributed by atoms with Crippen molar-refractivity contribution in [1.82, 2.24) is 0 Å². The highest BCUT2D eigenvalue weighted by Gasteiger charge is 2.14. The Morgan fingerprint density at radius 3 is 2.92 bits per heavy atom. The van der Waals surface area contributed by atoms with Crippen molar-refractivity contribution in [2.24, 2.45) is 0 Å². The van der Waals surface area contributed by atoms with E-state index in [1.54, 1.807) is 18.2 Å². The summed E-state index contributed by atoms with van der Waals surface area (Å²) in [4.78, 5) is 11.0. The molecule has 1 aliphatic heterocycles. The summed E-state index contributed by atoms with van der Waals surface area (Å²) in [5.74, 6) is 1.26. The van der Waals surface area contributed by atoms with Crippen LogP contribution in [0.25, 0.3) is 0 Å². The van der Waals surface area contributed by atoms with E-state index in [0.29, 0.717) is 16.4 Å². The molecule has 0 spiro atoms. The molecule has 1 N–H and O–H groups in total. The first kappa shape index (κ1) is 8.25. The van der Waals surface area contributed by atoms with Crippen LogP contribution in [-0.4, -0.2) is 17.2 Å². The predicted molar refractivity (Wildman–Crippen MR) is 46.4 cm³/mol. The maximum atomic E-state index is 10.4. The zero-order valence-corrected chi connectivity index (χ0v) is 7.34. The smallest absolute Gasteiger partial charge is 0.369 e.